The first kappa shape index (κ1) is 13.0. The van der Waals surface area contributed by atoms with E-state index in [-0.39, 0.29) is 0 Å². The SMILES string of the molecule is c1cncc(CNC2CCCC2C2COCCN2)c1. The zero-order valence-corrected chi connectivity index (χ0v) is 11.3. The van der Waals surface area contributed by atoms with Crippen LogP contribution in [0.5, 0.6) is 0 Å². The fraction of sp³-hybridized carbons (Fsp3) is 0.667. The summed E-state index contributed by atoms with van der Waals surface area (Å²) in [5.41, 5.74) is 1.26. The van der Waals surface area contributed by atoms with E-state index in [0.717, 1.165) is 26.3 Å². The first-order valence-corrected chi connectivity index (χ1v) is 7.37. The van der Waals surface area contributed by atoms with Crippen molar-refractivity contribution in [3.63, 3.8) is 0 Å². The molecule has 2 N–H and O–H groups in total. The second-order valence-electron chi connectivity index (χ2n) is 5.58. The van der Waals surface area contributed by atoms with Crippen LogP contribution >= 0.6 is 0 Å². The second kappa shape index (κ2) is 6.46. The number of rotatable bonds is 4. The van der Waals surface area contributed by atoms with Gasteiger partial charge in [0.05, 0.1) is 13.2 Å². The van der Waals surface area contributed by atoms with E-state index in [4.69, 9.17) is 4.74 Å². The molecule has 104 valence electrons. The number of pyridine rings is 1. The summed E-state index contributed by atoms with van der Waals surface area (Å²) in [7, 11) is 0. The minimum atomic E-state index is 0.530. The minimum absolute atomic E-state index is 0.530. The molecule has 4 heteroatoms. The van der Waals surface area contributed by atoms with Crippen LogP contribution in [-0.2, 0) is 11.3 Å². The van der Waals surface area contributed by atoms with Crippen LogP contribution in [0.15, 0.2) is 24.5 Å². The molecule has 3 atom stereocenters. The first-order chi connectivity index (χ1) is 9.43. The van der Waals surface area contributed by atoms with Gasteiger partial charge in [-0.15, -0.1) is 0 Å². The molecule has 2 fully saturated rings. The molecule has 0 spiro atoms. The first-order valence-electron chi connectivity index (χ1n) is 7.37. The van der Waals surface area contributed by atoms with Gasteiger partial charge in [0.2, 0.25) is 0 Å². The van der Waals surface area contributed by atoms with Gasteiger partial charge in [0.1, 0.15) is 0 Å². The van der Waals surface area contributed by atoms with Crippen LogP contribution in [0.3, 0.4) is 0 Å². The Labute approximate surface area is 115 Å². The summed E-state index contributed by atoms with van der Waals surface area (Å²) in [6, 6.07) is 5.27. The van der Waals surface area contributed by atoms with E-state index in [1.807, 2.05) is 18.5 Å². The Bertz CT molecular complexity index is 378. The van der Waals surface area contributed by atoms with Crippen molar-refractivity contribution < 1.29 is 4.74 Å². The van der Waals surface area contributed by atoms with Gasteiger partial charge < -0.3 is 15.4 Å². The van der Waals surface area contributed by atoms with Gasteiger partial charge in [0, 0.05) is 37.6 Å². The highest BCUT2D eigenvalue weighted by Gasteiger charge is 2.34. The van der Waals surface area contributed by atoms with Crippen molar-refractivity contribution in [1.29, 1.82) is 0 Å². The van der Waals surface area contributed by atoms with Crippen LogP contribution in [0, 0.1) is 5.92 Å². The zero-order chi connectivity index (χ0) is 12.9. The summed E-state index contributed by atoms with van der Waals surface area (Å²) in [5, 5.41) is 7.32. The predicted molar refractivity (Wildman–Crippen MR) is 74.8 cm³/mol. The van der Waals surface area contributed by atoms with Crippen molar-refractivity contribution in [3.05, 3.63) is 30.1 Å². The maximum atomic E-state index is 5.61. The summed E-state index contributed by atoms with van der Waals surface area (Å²) >= 11 is 0. The number of nitrogens with one attached hydrogen (secondary N) is 2. The van der Waals surface area contributed by atoms with Crippen molar-refractivity contribution in [1.82, 2.24) is 15.6 Å². The molecule has 4 nitrogen and oxygen atoms in total. The Hall–Kier alpha value is -0.970. The van der Waals surface area contributed by atoms with Crippen molar-refractivity contribution in [2.24, 2.45) is 5.92 Å². The fourth-order valence-electron chi connectivity index (χ4n) is 3.34. The quantitative estimate of drug-likeness (QED) is 0.858. The highest BCUT2D eigenvalue weighted by atomic mass is 16.5. The van der Waals surface area contributed by atoms with Crippen molar-refractivity contribution in [2.75, 3.05) is 19.8 Å². The van der Waals surface area contributed by atoms with E-state index in [0.29, 0.717) is 18.0 Å². The highest BCUT2D eigenvalue weighted by Crippen LogP contribution is 2.29. The van der Waals surface area contributed by atoms with Crippen molar-refractivity contribution >= 4 is 0 Å². The molecular weight excluding hydrogens is 238 g/mol. The average Bonchev–Trinajstić information content (AvgIpc) is 2.95. The lowest BCUT2D eigenvalue weighted by Gasteiger charge is -2.33. The molecule has 2 aliphatic rings. The summed E-state index contributed by atoms with van der Waals surface area (Å²) in [4.78, 5) is 4.17. The molecule has 0 amide bonds. The average molecular weight is 261 g/mol. The predicted octanol–water partition coefficient (Wildman–Crippen LogP) is 1.33. The summed E-state index contributed by atoms with van der Waals surface area (Å²) in [5.74, 6) is 0.706. The summed E-state index contributed by atoms with van der Waals surface area (Å²) in [6.07, 6.45) is 7.69. The van der Waals surface area contributed by atoms with Gasteiger partial charge in [-0.1, -0.05) is 12.5 Å². The molecule has 0 radical (unpaired) electrons. The molecule has 1 saturated carbocycles. The third-order valence-corrected chi connectivity index (χ3v) is 4.33. The van der Waals surface area contributed by atoms with Gasteiger partial charge in [-0.2, -0.15) is 0 Å². The molecule has 1 aliphatic heterocycles. The molecule has 1 saturated heterocycles. The molecule has 3 rings (SSSR count). The number of nitrogens with zero attached hydrogens (tertiary/aromatic N) is 1. The van der Waals surface area contributed by atoms with E-state index in [9.17, 15) is 0 Å². The molecule has 1 aliphatic carbocycles. The smallest absolute Gasteiger partial charge is 0.0623 e. The molecule has 0 bridgehead atoms. The maximum absolute atomic E-state index is 5.61. The van der Waals surface area contributed by atoms with E-state index in [2.05, 4.69) is 21.7 Å². The van der Waals surface area contributed by atoms with Crippen molar-refractivity contribution in [2.45, 2.75) is 37.9 Å². The topological polar surface area (TPSA) is 46.2 Å². The standard InChI is InChI=1S/C15H23N3O/c1-4-13(15-11-19-8-7-17-15)14(5-1)18-10-12-3-2-6-16-9-12/h2-3,6,9,13-15,17-18H,1,4-5,7-8,10-11H2. The Balaban J connectivity index is 1.54. The molecule has 1 aromatic heterocycles. The Morgan fingerprint density at radius 2 is 2.42 bits per heavy atom. The van der Waals surface area contributed by atoms with Gasteiger partial charge in [-0.25, -0.2) is 0 Å². The third kappa shape index (κ3) is 3.32. The van der Waals surface area contributed by atoms with Gasteiger partial charge in [-0.3, -0.25) is 4.98 Å². The zero-order valence-electron chi connectivity index (χ0n) is 11.3. The molecule has 0 aromatic carbocycles. The number of hydrogen-bond donors (Lipinski definition) is 2. The minimum Gasteiger partial charge on any atom is -0.379 e. The fourth-order valence-corrected chi connectivity index (χ4v) is 3.34. The lowest BCUT2D eigenvalue weighted by atomic mass is 9.94. The van der Waals surface area contributed by atoms with E-state index in [1.54, 1.807) is 0 Å². The second-order valence-corrected chi connectivity index (χ2v) is 5.58. The van der Waals surface area contributed by atoms with Crippen LogP contribution in [0.25, 0.3) is 0 Å². The van der Waals surface area contributed by atoms with Gasteiger partial charge in [-0.05, 0) is 30.4 Å². The summed E-state index contributed by atoms with van der Waals surface area (Å²) < 4.78 is 5.61. The Kier molecular flexibility index (Phi) is 4.43. The van der Waals surface area contributed by atoms with Crippen LogP contribution in [0.4, 0.5) is 0 Å². The van der Waals surface area contributed by atoms with E-state index >= 15 is 0 Å². The van der Waals surface area contributed by atoms with Crippen LogP contribution in [-0.4, -0.2) is 36.8 Å². The Morgan fingerprint density at radius 1 is 1.42 bits per heavy atom. The molecule has 19 heavy (non-hydrogen) atoms. The van der Waals surface area contributed by atoms with Crippen LogP contribution in [0.2, 0.25) is 0 Å². The third-order valence-electron chi connectivity index (χ3n) is 4.33. The number of ether oxygens (including phenoxy) is 1. The highest BCUT2D eigenvalue weighted by molar-refractivity contribution is 5.08. The normalized spacial score (nSPS) is 31.5. The van der Waals surface area contributed by atoms with Crippen molar-refractivity contribution in [3.8, 4) is 0 Å². The van der Waals surface area contributed by atoms with E-state index < -0.39 is 0 Å². The number of aromatic nitrogens is 1. The molecule has 3 unspecified atom stereocenters. The van der Waals surface area contributed by atoms with Crippen LogP contribution < -0.4 is 10.6 Å². The summed E-state index contributed by atoms with van der Waals surface area (Å²) in [6.45, 7) is 3.64. The largest absolute Gasteiger partial charge is 0.379 e. The van der Waals surface area contributed by atoms with Gasteiger partial charge in [0.25, 0.3) is 0 Å². The lowest BCUT2D eigenvalue weighted by molar-refractivity contribution is 0.0524. The maximum Gasteiger partial charge on any atom is 0.0623 e. The molecular formula is C15H23N3O. The number of hydrogen-bond acceptors (Lipinski definition) is 4. The number of morpholine rings is 1. The lowest BCUT2D eigenvalue weighted by Crippen LogP contribution is -2.50. The Morgan fingerprint density at radius 3 is 3.21 bits per heavy atom. The van der Waals surface area contributed by atoms with E-state index in [1.165, 1.54) is 24.8 Å². The van der Waals surface area contributed by atoms with Gasteiger partial charge >= 0.3 is 0 Å². The molecule has 1 aromatic rings. The monoisotopic (exact) mass is 261 g/mol. The molecule has 2 heterocycles. The van der Waals surface area contributed by atoms with Crippen LogP contribution in [0.1, 0.15) is 24.8 Å². The van der Waals surface area contributed by atoms with Gasteiger partial charge in [0.15, 0.2) is 0 Å².